The maximum atomic E-state index is 12.1. The number of halogens is 1. The first-order valence-electron chi connectivity index (χ1n) is 6.85. The summed E-state index contributed by atoms with van der Waals surface area (Å²) in [7, 11) is 1.58. The van der Waals surface area contributed by atoms with E-state index in [1.807, 2.05) is 13.8 Å². The molecule has 1 amide bonds. The van der Waals surface area contributed by atoms with Gasteiger partial charge in [-0.25, -0.2) is 0 Å². The summed E-state index contributed by atoms with van der Waals surface area (Å²) in [5, 5.41) is 2.82. The number of rotatable bonds is 7. The highest BCUT2D eigenvalue weighted by molar-refractivity contribution is 5.97. The van der Waals surface area contributed by atoms with E-state index >= 15 is 0 Å². The van der Waals surface area contributed by atoms with E-state index in [0.29, 0.717) is 30.2 Å². The molecule has 0 heterocycles. The second-order valence-corrected chi connectivity index (χ2v) is 4.92. The largest absolute Gasteiger partial charge is 0.493 e. The molecule has 0 saturated carbocycles. The minimum atomic E-state index is -0.875. The molecule has 0 saturated heterocycles. The molecule has 120 valence electrons. The van der Waals surface area contributed by atoms with E-state index in [9.17, 15) is 4.79 Å². The minimum Gasteiger partial charge on any atom is -0.493 e. The first-order chi connectivity index (χ1) is 9.44. The van der Waals surface area contributed by atoms with Gasteiger partial charge in [-0.3, -0.25) is 4.79 Å². The normalized spacial score (nSPS) is 12.8. The van der Waals surface area contributed by atoms with Gasteiger partial charge in [-0.2, -0.15) is 0 Å². The Morgan fingerprint density at radius 1 is 1.33 bits per heavy atom. The highest BCUT2D eigenvalue weighted by Gasteiger charge is 2.27. The zero-order valence-electron chi connectivity index (χ0n) is 13.1. The molecule has 0 bridgehead atoms. The summed E-state index contributed by atoms with van der Waals surface area (Å²) >= 11 is 0. The number of amides is 1. The number of hydrogen-bond donors (Lipinski definition) is 2. The monoisotopic (exact) mass is 316 g/mol. The van der Waals surface area contributed by atoms with Crippen molar-refractivity contribution in [3.63, 3.8) is 0 Å². The fourth-order valence-electron chi connectivity index (χ4n) is 1.93. The van der Waals surface area contributed by atoms with Gasteiger partial charge >= 0.3 is 0 Å². The first-order valence-corrected chi connectivity index (χ1v) is 6.85. The van der Waals surface area contributed by atoms with E-state index in [1.165, 1.54) is 0 Å². The minimum absolute atomic E-state index is 0. The third-order valence-corrected chi connectivity index (χ3v) is 3.01. The topological polar surface area (TPSA) is 73.6 Å². The van der Waals surface area contributed by atoms with E-state index in [0.717, 1.165) is 6.42 Å². The van der Waals surface area contributed by atoms with Crippen LogP contribution in [0.3, 0.4) is 0 Å². The molecule has 0 aliphatic carbocycles. The van der Waals surface area contributed by atoms with Crippen LogP contribution in [0.2, 0.25) is 0 Å². The molecule has 0 spiro atoms. The zero-order chi connectivity index (χ0) is 15.2. The quantitative estimate of drug-likeness (QED) is 0.811. The van der Waals surface area contributed by atoms with Gasteiger partial charge in [0.2, 0.25) is 5.91 Å². The smallest absolute Gasteiger partial charge is 0.244 e. The maximum absolute atomic E-state index is 12.1. The number of carbonyl (C=O) groups is 1. The summed E-state index contributed by atoms with van der Waals surface area (Å²) < 4.78 is 10.7. The average Bonchev–Trinajstić information content (AvgIpc) is 2.39. The van der Waals surface area contributed by atoms with Crippen molar-refractivity contribution in [2.45, 2.75) is 39.2 Å². The van der Waals surface area contributed by atoms with Crippen molar-refractivity contribution in [2.24, 2.45) is 5.73 Å². The lowest BCUT2D eigenvalue weighted by Crippen LogP contribution is -2.48. The number of ether oxygens (including phenoxy) is 2. The standard InChI is InChI=1S/C15H24N2O3.ClH/c1-5-9-15(3,16)14(18)17-11-7-8-12(19-4)13(10-11)20-6-2;/h7-8,10H,5-6,9,16H2,1-4H3,(H,17,18);1H. The van der Waals surface area contributed by atoms with E-state index in [2.05, 4.69) is 5.32 Å². The summed E-state index contributed by atoms with van der Waals surface area (Å²) in [6.07, 6.45) is 1.49. The van der Waals surface area contributed by atoms with Crippen LogP contribution in [-0.4, -0.2) is 25.2 Å². The van der Waals surface area contributed by atoms with Gasteiger partial charge in [0, 0.05) is 11.8 Å². The second kappa shape index (κ2) is 8.74. The fourth-order valence-corrected chi connectivity index (χ4v) is 1.93. The predicted molar refractivity (Wildman–Crippen MR) is 87.5 cm³/mol. The van der Waals surface area contributed by atoms with Gasteiger partial charge in [0.25, 0.3) is 0 Å². The number of benzene rings is 1. The van der Waals surface area contributed by atoms with Crippen LogP contribution in [0.25, 0.3) is 0 Å². The molecule has 21 heavy (non-hydrogen) atoms. The van der Waals surface area contributed by atoms with Crippen molar-refractivity contribution in [3.05, 3.63) is 18.2 Å². The number of nitrogens with one attached hydrogen (secondary N) is 1. The number of carbonyl (C=O) groups excluding carboxylic acids is 1. The average molecular weight is 317 g/mol. The summed E-state index contributed by atoms with van der Waals surface area (Å²) in [5.41, 5.74) is 5.77. The Balaban J connectivity index is 0.00000400. The van der Waals surface area contributed by atoms with Crippen LogP contribution < -0.4 is 20.5 Å². The first kappa shape index (κ1) is 19.5. The molecule has 6 heteroatoms. The van der Waals surface area contributed by atoms with Crippen molar-refractivity contribution >= 4 is 24.0 Å². The molecular formula is C15H25ClN2O3. The molecule has 3 N–H and O–H groups in total. The number of hydrogen-bond acceptors (Lipinski definition) is 4. The van der Waals surface area contributed by atoms with E-state index in [-0.39, 0.29) is 18.3 Å². The van der Waals surface area contributed by atoms with Gasteiger partial charge in [-0.1, -0.05) is 13.3 Å². The number of anilines is 1. The summed E-state index contributed by atoms with van der Waals surface area (Å²) in [5.74, 6) is 1.03. The molecule has 1 aromatic carbocycles. The van der Waals surface area contributed by atoms with Crippen LogP contribution in [-0.2, 0) is 4.79 Å². The Kier molecular flexibility index (Phi) is 8.14. The van der Waals surface area contributed by atoms with Crippen LogP contribution in [0.1, 0.15) is 33.6 Å². The molecule has 0 aliphatic rings. The van der Waals surface area contributed by atoms with Gasteiger partial charge in [-0.15, -0.1) is 12.4 Å². The molecule has 0 radical (unpaired) electrons. The lowest BCUT2D eigenvalue weighted by atomic mass is 9.96. The van der Waals surface area contributed by atoms with E-state index < -0.39 is 5.54 Å². The molecule has 0 fully saturated rings. The van der Waals surface area contributed by atoms with Gasteiger partial charge in [0.05, 0.1) is 19.3 Å². The van der Waals surface area contributed by atoms with Crippen molar-refractivity contribution in [1.29, 1.82) is 0 Å². The molecule has 1 atom stereocenters. The third-order valence-electron chi connectivity index (χ3n) is 3.01. The van der Waals surface area contributed by atoms with Crippen molar-refractivity contribution in [1.82, 2.24) is 0 Å². The van der Waals surface area contributed by atoms with Crippen LogP contribution in [0.4, 0.5) is 5.69 Å². The molecule has 1 aromatic rings. The maximum Gasteiger partial charge on any atom is 0.244 e. The Bertz CT molecular complexity index is 464. The van der Waals surface area contributed by atoms with Gasteiger partial charge in [-0.05, 0) is 32.4 Å². The fraction of sp³-hybridized carbons (Fsp3) is 0.533. The number of nitrogens with two attached hydrogens (primary N) is 1. The zero-order valence-corrected chi connectivity index (χ0v) is 13.9. The van der Waals surface area contributed by atoms with Crippen molar-refractivity contribution in [3.8, 4) is 11.5 Å². The second-order valence-electron chi connectivity index (χ2n) is 4.92. The Morgan fingerprint density at radius 2 is 2.00 bits per heavy atom. The predicted octanol–water partition coefficient (Wildman–Crippen LogP) is 2.97. The van der Waals surface area contributed by atoms with Gasteiger partial charge in [0.15, 0.2) is 11.5 Å². The Morgan fingerprint density at radius 3 is 2.52 bits per heavy atom. The Labute approximate surface area is 132 Å². The molecular weight excluding hydrogens is 292 g/mol. The molecule has 1 rings (SSSR count). The molecule has 0 aromatic heterocycles. The highest BCUT2D eigenvalue weighted by Crippen LogP contribution is 2.30. The third kappa shape index (κ3) is 5.44. The lowest BCUT2D eigenvalue weighted by Gasteiger charge is -2.23. The van der Waals surface area contributed by atoms with E-state index in [4.69, 9.17) is 15.2 Å². The van der Waals surface area contributed by atoms with Crippen LogP contribution in [0.15, 0.2) is 18.2 Å². The Hall–Kier alpha value is -1.46. The van der Waals surface area contributed by atoms with Crippen molar-refractivity contribution < 1.29 is 14.3 Å². The summed E-state index contributed by atoms with van der Waals surface area (Å²) in [6.45, 7) is 6.15. The molecule has 1 unspecified atom stereocenters. The van der Waals surface area contributed by atoms with E-state index in [1.54, 1.807) is 32.2 Å². The summed E-state index contributed by atoms with van der Waals surface area (Å²) in [4.78, 5) is 12.1. The van der Waals surface area contributed by atoms with Crippen LogP contribution in [0.5, 0.6) is 11.5 Å². The summed E-state index contributed by atoms with van der Waals surface area (Å²) in [6, 6.07) is 5.26. The lowest BCUT2D eigenvalue weighted by molar-refractivity contribution is -0.120. The van der Waals surface area contributed by atoms with Crippen molar-refractivity contribution in [2.75, 3.05) is 19.0 Å². The molecule has 5 nitrogen and oxygen atoms in total. The molecule has 0 aliphatic heterocycles. The van der Waals surface area contributed by atoms with Gasteiger partial charge < -0.3 is 20.5 Å². The van der Waals surface area contributed by atoms with Crippen LogP contribution >= 0.6 is 12.4 Å². The van der Waals surface area contributed by atoms with Gasteiger partial charge in [0.1, 0.15) is 0 Å². The highest BCUT2D eigenvalue weighted by atomic mass is 35.5. The SMILES string of the molecule is CCCC(C)(N)C(=O)Nc1ccc(OC)c(OCC)c1.Cl. The van der Waals surface area contributed by atoms with Crippen LogP contribution in [0, 0.1) is 0 Å². The number of methoxy groups -OCH3 is 1.